The highest BCUT2D eigenvalue weighted by atomic mass is 15.0. The molecule has 0 amide bonds. The summed E-state index contributed by atoms with van der Waals surface area (Å²) in [6.45, 7) is 0.557. The van der Waals surface area contributed by atoms with Gasteiger partial charge in [-0.3, -0.25) is 4.99 Å². The summed E-state index contributed by atoms with van der Waals surface area (Å²) in [7, 11) is 0. The van der Waals surface area contributed by atoms with Gasteiger partial charge in [-0.05, 0) is 29.0 Å². The van der Waals surface area contributed by atoms with Gasteiger partial charge in [-0.2, -0.15) is 0 Å². The lowest BCUT2D eigenvalue weighted by Crippen LogP contribution is -2.19. The van der Waals surface area contributed by atoms with Crippen molar-refractivity contribution in [2.24, 2.45) is 4.99 Å². The standard InChI is InChI=1S/C32H22N4/c1-3-10-22(11-4-1)29-26-17-18-28-27(30(26)36-32(35-29)23-12-5-2-6-13-23)20-33-31(34-28)25-16-15-21-9-7-8-14-24(21)19-25/h1-19H,20H2,(H,33,34). The van der Waals surface area contributed by atoms with Gasteiger partial charge in [-0.15, -0.1) is 0 Å². The summed E-state index contributed by atoms with van der Waals surface area (Å²) in [4.78, 5) is 15.0. The van der Waals surface area contributed by atoms with E-state index in [2.05, 4.69) is 84.2 Å². The van der Waals surface area contributed by atoms with Gasteiger partial charge in [0.2, 0.25) is 0 Å². The molecular weight excluding hydrogens is 440 g/mol. The first kappa shape index (κ1) is 20.5. The van der Waals surface area contributed by atoms with E-state index in [1.165, 1.54) is 10.8 Å². The van der Waals surface area contributed by atoms with Gasteiger partial charge in [0, 0.05) is 33.3 Å². The highest BCUT2D eigenvalue weighted by Crippen LogP contribution is 2.35. The van der Waals surface area contributed by atoms with Crippen molar-refractivity contribution in [3.8, 4) is 22.6 Å². The van der Waals surface area contributed by atoms with Crippen molar-refractivity contribution in [1.29, 1.82) is 0 Å². The average Bonchev–Trinajstić information content (AvgIpc) is 2.97. The minimum absolute atomic E-state index is 0.557. The van der Waals surface area contributed by atoms with Crippen molar-refractivity contribution in [2.45, 2.75) is 6.54 Å². The number of hydrogen-bond donors (Lipinski definition) is 1. The van der Waals surface area contributed by atoms with Crippen LogP contribution in [0, 0.1) is 0 Å². The van der Waals surface area contributed by atoms with Gasteiger partial charge in [-0.1, -0.05) is 97.1 Å². The Kier molecular flexibility index (Phi) is 4.81. The van der Waals surface area contributed by atoms with Crippen molar-refractivity contribution in [1.82, 2.24) is 9.97 Å². The molecule has 0 saturated carbocycles. The number of benzene rings is 5. The maximum absolute atomic E-state index is 5.06. The number of hydrogen-bond acceptors (Lipinski definition) is 4. The Balaban J connectivity index is 1.38. The van der Waals surface area contributed by atoms with Crippen molar-refractivity contribution >= 4 is 33.2 Å². The molecule has 4 nitrogen and oxygen atoms in total. The predicted octanol–water partition coefficient (Wildman–Crippen LogP) is 7.49. The van der Waals surface area contributed by atoms with Crippen LogP contribution in [0.2, 0.25) is 0 Å². The lowest BCUT2D eigenvalue weighted by molar-refractivity contribution is 1.05. The fourth-order valence-corrected chi connectivity index (χ4v) is 4.89. The Bertz CT molecular complexity index is 1770. The van der Waals surface area contributed by atoms with Crippen molar-refractivity contribution < 1.29 is 0 Å². The van der Waals surface area contributed by atoms with E-state index in [0.29, 0.717) is 6.54 Å². The molecule has 0 spiro atoms. The first-order chi connectivity index (χ1) is 17.8. The van der Waals surface area contributed by atoms with Crippen LogP contribution in [0.5, 0.6) is 0 Å². The van der Waals surface area contributed by atoms with E-state index in [0.717, 1.165) is 56.2 Å². The number of amidine groups is 1. The summed E-state index contributed by atoms with van der Waals surface area (Å²) in [6.07, 6.45) is 0. The fraction of sp³-hybridized carbons (Fsp3) is 0.0312. The lowest BCUT2D eigenvalue weighted by Gasteiger charge is -2.21. The quantitative estimate of drug-likeness (QED) is 0.296. The minimum atomic E-state index is 0.557. The SMILES string of the molecule is c1ccc(-c2nc(-c3ccccc3)c3ccc4c(c3n2)CN=C(c2ccc3ccccc3c2)N4)cc1. The Morgan fingerprint density at radius 3 is 2.11 bits per heavy atom. The van der Waals surface area contributed by atoms with Crippen LogP contribution in [0.3, 0.4) is 0 Å². The van der Waals surface area contributed by atoms with E-state index in [1.54, 1.807) is 0 Å². The van der Waals surface area contributed by atoms with E-state index >= 15 is 0 Å². The van der Waals surface area contributed by atoms with Crippen LogP contribution in [0.25, 0.3) is 44.3 Å². The smallest absolute Gasteiger partial charge is 0.160 e. The molecule has 1 aliphatic rings. The molecule has 5 aromatic carbocycles. The number of rotatable bonds is 3. The van der Waals surface area contributed by atoms with Gasteiger partial charge < -0.3 is 5.32 Å². The molecule has 0 atom stereocenters. The molecule has 1 aliphatic heterocycles. The summed E-state index contributed by atoms with van der Waals surface area (Å²) >= 11 is 0. The number of anilines is 1. The first-order valence-corrected chi connectivity index (χ1v) is 12.1. The molecule has 0 bridgehead atoms. The second kappa shape index (κ2) is 8.43. The van der Waals surface area contributed by atoms with Crippen LogP contribution < -0.4 is 5.32 Å². The largest absolute Gasteiger partial charge is 0.340 e. The van der Waals surface area contributed by atoms with Crippen LogP contribution in [0.15, 0.2) is 120 Å². The van der Waals surface area contributed by atoms with Gasteiger partial charge in [0.05, 0.1) is 17.8 Å². The van der Waals surface area contributed by atoms with Crippen LogP contribution in [0.1, 0.15) is 11.1 Å². The third-order valence-electron chi connectivity index (χ3n) is 6.72. The van der Waals surface area contributed by atoms with Gasteiger partial charge >= 0.3 is 0 Å². The Labute approximate surface area is 209 Å². The van der Waals surface area contributed by atoms with Crippen molar-refractivity contribution in [3.05, 3.63) is 126 Å². The zero-order valence-corrected chi connectivity index (χ0v) is 19.5. The van der Waals surface area contributed by atoms with E-state index in [-0.39, 0.29) is 0 Å². The second-order valence-electron chi connectivity index (χ2n) is 8.97. The number of nitrogens with one attached hydrogen (secondary N) is 1. The number of aromatic nitrogens is 2. The first-order valence-electron chi connectivity index (χ1n) is 12.1. The van der Waals surface area contributed by atoms with Crippen molar-refractivity contribution in [2.75, 3.05) is 5.32 Å². The van der Waals surface area contributed by atoms with Crippen LogP contribution >= 0.6 is 0 Å². The topological polar surface area (TPSA) is 50.2 Å². The molecule has 4 heteroatoms. The van der Waals surface area contributed by atoms with Crippen LogP contribution in [-0.2, 0) is 6.54 Å². The zero-order valence-electron chi connectivity index (χ0n) is 19.5. The third kappa shape index (κ3) is 3.51. The minimum Gasteiger partial charge on any atom is -0.340 e. The molecule has 7 rings (SSSR count). The third-order valence-corrected chi connectivity index (χ3v) is 6.72. The summed E-state index contributed by atoms with van der Waals surface area (Å²) in [5, 5.41) is 7.04. The molecule has 170 valence electrons. The molecule has 0 unspecified atom stereocenters. The van der Waals surface area contributed by atoms with Gasteiger partial charge in [0.25, 0.3) is 0 Å². The summed E-state index contributed by atoms with van der Waals surface area (Å²) < 4.78 is 0. The molecule has 0 radical (unpaired) electrons. The fourth-order valence-electron chi connectivity index (χ4n) is 4.89. The molecule has 0 fully saturated rings. The summed E-state index contributed by atoms with van der Waals surface area (Å²) in [5.41, 5.74) is 7.16. The second-order valence-corrected chi connectivity index (χ2v) is 8.97. The highest BCUT2D eigenvalue weighted by Gasteiger charge is 2.20. The molecular formula is C32H22N4. The molecule has 6 aromatic rings. The molecule has 0 aliphatic carbocycles. The van der Waals surface area contributed by atoms with Crippen LogP contribution in [0.4, 0.5) is 5.69 Å². The van der Waals surface area contributed by atoms with E-state index < -0.39 is 0 Å². The lowest BCUT2D eigenvalue weighted by atomic mass is 10.00. The molecule has 1 aromatic heterocycles. The van der Waals surface area contributed by atoms with E-state index in [1.807, 2.05) is 36.4 Å². The number of nitrogens with zero attached hydrogens (tertiary/aromatic N) is 3. The number of fused-ring (bicyclic) bond motifs is 4. The van der Waals surface area contributed by atoms with E-state index in [9.17, 15) is 0 Å². The maximum atomic E-state index is 5.06. The normalized spacial score (nSPS) is 12.7. The van der Waals surface area contributed by atoms with Crippen LogP contribution in [-0.4, -0.2) is 15.8 Å². The van der Waals surface area contributed by atoms with E-state index in [4.69, 9.17) is 15.0 Å². The summed E-state index contributed by atoms with van der Waals surface area (Å²) in [5.74, 6) is 1.60. The molecule has 2 heterocycles. The molecule has 1 N–H and O–H groups in total. The zero-order chi connectivity index (χ0) is 23.9. The van der Waals surface area contributed by atoms with Gasteiger partial charge in [0.15, 0.2) is 5.82 Å². The predicted molar refractivity (Wildman–Crippen MR) is 148 cm³/mol. The Morgan fingerprint density at radius 2 is 1.31 bits per heavy atom. The summed E-state index contributed by atoms with van der Waals surface area (Å²) in [6, 6.07) is 39.6. The molecule has 0 saturated heterocycles. The maximum Gasteiger partial charge on any atom is 0.160 e. The Morgan fingerprint density at radius 1 is 0.583 bits per heavy atom. The van der Waals surface area contributed by atoms with Crippen molar-refractivity contribution in [3.63, 3.8) is 0 Å². The van der Waals surface area contributed by atoms with Gasteiger partial charge in [-0.25, -0.2) is 9.97 Å². The van der Waals surface area contributed by atoms with Gasteiger partial charge in [0.1, 0.15) is 5.84 Å². The monoisotopic (exact) mass is 462 g/mol. The highest BCUT2D eigenvalue weighted by molar-refractivity contribution is 6.12. The molecule has 36 heavy (non-hydrogen) atoms. The average molecular weight is 463 g/mol. The number of aliphatic imine (C=N–C) groups is 1. The Hall–Kier alpha value is -4.83.